The maximum Gasteiger partial charge on any atom is 0.0247 e. The van der Waals surface area contributed by atoms with Crippen LogP contribution >= 0.6 is 0 Å². The van der Waals surface area contributed by atoms with Crippen LogP contribution in [0.1, 0.15) is 40.0 Å². The van der Waals surface area contributed by atoms with Crippen molar-refractivity contribution in [1.82, 2.24) is 10.2 Å². The Morgan fingerprint density at radius 3 is 2.39 bits per heavy atom. The van der Waals surface area contributed by atoms with Crippen molar-refractivity contribution in [2.24, 2.45) is 29.6 Å². The van der Waals surface area contributed by atoms with Crippen molar-refractivity contribution in [3.8, 4) is 0 Å². The maximum absolute atomic E-state index is 3.69. The molecule has 1 N–H and O–H groups in total. The van der Waals surface area contributed by atoms with E-state index in [-0.39, 0.29) is 0 Å². The highest BCUT2D eigenvalue weighted by Gasteiger charge is 2.67. The van der Waals surface area contributed by atoms with E-state index < -0.39 is 0 Å². The fourth-order valence-corrected chi connectivity index (χ4v) is 5.64. The third-order valence-corrected chi connectivity index (χ3v) is 6.43. The molecule has 4 aliphatic rings. The molecule has 0 amide bonds. The molecule has 4 rings (SSSR count). The second-order valence-corrected chi connectivity index (χ2v) is 7.80. The molecule has 3 saturated carbocycles. The van der Waals surface area contributed by atoms with E-state index in [0.717, 1.165) is 41.7 Å². The van der Waals surface area contributed by atoms with Gasteiger partial charge in [-0.1, -0.05) is 13.8 Å². The summed E-state index contributed by atoms with van der Waals surface area (Å²) in [5, 5.41) is 3.69. The molecule has 3 aliphatic carbocycles. The van der Waals surface area contributed by atoms with Crippen molar-refractivity contribution in [2.75, 3.05) is 13.1 Å². The van der Waals surface area contributed by atoms with Crippen LogP contribution in [0.3, 0.4) is 0 Å². The molecule has 102 valence electrons. The van der Waals surface area contributed by atoms with Gasteiger partial charge in [0.2, 0.25) is 0 Å². The van der Waals surface area contributed by atoms with E-state index in [9.17, 15) is 0 Å². The molecule has 2 heteroatoms. The second kappa shape index (κ2) is 3.96. The van der Waals surface area contributed by atoms with Gasteiger partial charge in [0, 0.05) is 31.2 Å². The van der Waals surface area contributed by atoms with Crippen molar-refractivity contribution in [2.45, 2.75) is 58.2 Å². The molecule has 1 saturated heterocycles. The molecule has 0 radical (unpaired) electrons. The summed E-state index contributed by atoms with van der Waals surface area (Å²) in [6.07, 6.45) is 4.69. The van der Waals surface area contributed by atoms with Crippen molar-refractivity contribution in [3.05, 3.63) is 0 Å². The molecule has 1 aliphatic heterocycles. The summed E-state index contributed by atoms with van der Waals surface area (Å²) in [6.45, 7) is 9.67. The number of nitrogens with zero attached hydrogens (tertiary/aromatic N) is 1. The van der Waals surface area contributed by atoms with Gasteiger partial charge < -0.3 is 5.32 Å². The van der Waals surface area contributed by atoms with Gasteiger partial charge in [0.15, 0.2) is 0 Å². The molecule has 0 aromatic carbocycles. The zero-order valence-corrected chi connectivity index (χ0v) is 12.1. The Kier molecular flexibility index (Phi) is 2.58. The lowest BCUT2D eigenvalue weighted by atomic mass is 9.96. The fraction of sp³-hybridized carbons (Fsp3) is 1.00. The number of piperazine rings is 1. The highest BCUT2D eigenvalue weighted by Crippen LogP contribution is 2.67. The normalized spacial score (nSPS) is 55.0. The van der Waals surface area contributed by atoms with Crippen LogP contribution in [0.15, 0.2) is 0 Å². The van der Waals surface area contributed by atoms with Crippen LogP contribution in [-0.4, -0.2) is 36.1 Å². The third kappa shape index (κ3) is 1.54. The fourth-order valence-electron chi connectivity index (χ4n) is 5.64. The molecule has 6 atom stereocenters. The maximum atomic E-state index is 3.69. The van der Waals surface area contributed by atoms with E-state index in [4.69, 9.17) is 0 Å². The number of rotatable bonds is 2. The molecule has 1 heterocycles. The Hall–Kier alpha value is -0.0800. The Balaban J connectivity index is 1.53. The Labute approximate surface area is 111 Å². The molecule has 0 aromatic rings. The van der Waals surface area contributed by atoms with E-state index in [0.29, 0.717) is 6.04 Å². The minimum Gasteiger partial charge on any atom is -0.311 e. The van der Waals surface area contributed by atoms with Crippen LogP contribution in [0, 0.1) is 29.6 Å². The molecule has 4 fully saturated rings. The molecule has 0 aromatic heterocycles. The predicted octanol–water partition coefficient (Wildman–Crippen LogP) is 2.35. The molecular formula is C16H28N2. The second-order valence-electron chi connectivity index (χ2n) is 7.80. The zero-order chi connectivity index (χ0) is 12.4. The first-order valence-corrected chi connectivity index (χ1v) is 8.16. The minimum atomic E-state index is 0.693. The average Bonchev–Trinajstić information content (AvgIpc) is 2.77. The first-order chi connectivity index (χ1) is 8.66. The van der Waals surface area contributed by atoms with Crippen LogP contribution in [0.2, 0.25) is 0 Å². The molecular weight excluding hydrogens is 220 g/mol. The minimum absolute atomic E-state index is 0.693. The highest BCUT2D eigenvalue weighted by molar-refractivity contribution is 5.18. The number of hydrogen-bond donors (Lipinski definition) is 1. The van der Waals surface area contributed by atoms with Gasteiger partial charge >= 0.3 is 0 Å². The first kappa shape index (κ1) is 11.7. The molecule has 2 bridgehead atoms. The van der Waals surface area contributed by atoms with E-state index in [1.54, 1.807) is 19.3 Å². The van der Waals surface area contributed by atoms with Gasteiger partial charge in [-0.2, -0.15) is 0 Å². The lowest BCUT2D eigenvalue weighted by molar-refractivity contribution is 0.0771. The van der Waals surface area contributed by atoms with Crippen molar-refractivity contribution >= 4 is 0 Å². The summed E-state index contributed by atoms with van der Waals surface area (Å²) < 4.78 is 0. The van der Waals surface area contributed by atoms with E-state index >= 15 is 0 Å². The predicted molar refractivity (Wildman–Crippen MR) is 74.4 cm³/mol. The van der Waals surface area contributed by atoms with Crippen molar-refractivity contribution in [3.63, 3.8) is 0 Å². The highest BCUT2D eigenvalue weighted by atomic mass is 15.3. The Bertz CT molecular complexity index is 324. The van der Waals surface area contributed by atoms with Gasteiger partial charge in [0.1, 0.15) is 0 Å². The summed E-state index contributed by atoms with van der Waals surface area (Å²) in [7, 11) is 0. The zero-order valence-electron chi connectivity index (χ0n) is 12.1. The van der Waals surface area contributed by atoms with Crippen molar-refractivity contribution in [1.29, 1.82) is 0 Å². The van der Waals surface area contributed by atoms with Gasteiger partial charge in [-0.25, -0.2) is 0 Å². The SMILES string of the molecule is CC1CN(C2C3C4CCC(C4)C32)C(C(C)C)CN1. The monoisotopic (exact) mass is 248 g/mol. The number of fused-ring (bicyclic) bond motifs is 5. The van der Waals surface area contributed by atoms with E-state index in [2.05, 4.69) is 31.0 Å². The molecule has 6 unspecified atom stereocenters. The third-order valence-electron chi connectivity index (χ3n) is 6.43. The molecule has 0 spiro atoms. The van der Waals surface area contributed by atoms with Gasteiger partial charge in [-0.3, -0.25) is 4.90 Å². The summed E-state index contributed by atoms with van der Waals surface area (Å²) in [4.78, 5) is 2.92. The smallest absolute Gasteiger partial charge is 0.0247 e. The Morgan fingerprint density at radius 1 is 1.11 bits per heavy atom. The average molecular weight is 248 g/mol. The summed E-state index contributed by atoms with van der Waals surface area (Å²) >= 11 is 0. The van der Waals surface area contributed by atoms with Gasteiger partial charge in [0.05, 0.1) is 0 Å². The summed E-state index contributed by atoms with van der Waals surface area (Å²) in [6, 6.07) is 2.46. The van der Waals surface area contributed by atoms with Crippen molar-refractivity contribution < 1.29 is 0 Å². The number of hydrogen-bond acceptors (Lipinski definition) is 2. The largest absolute Gasteiger partial charge is 0.311 e. The summed E-state index contributed by atoms with van der Waals surface area (Å²) in [5.74, 6) is 5.24. The van der Waals surface area contributed by atoms with Gasteiger partial charge in [0.25, 0.3) is 0 Å². The topological polar surface area (TPSA) is 15.3 Å². The van der Waals surface area contributed by atoms with Crippen LogP contribution in [-0.2, 0) is 0 Å². The lowest BCUT2D eigenvalue weighted by Gasteiger charge is -2.43. The van der Waals surface area contributed by atoms with Crippen LogP contribution in [0.5, 0.6) is 0 Å². The summed E-state index contributed by atoms with van der Waals surface area (Å²) in [5.41, 5.74) is 0. The van der Waals surface area contributed by atoms with E-state index in [1.807, 2.05) is 0 Å². The number of nitrogens with one attached hydrogen (secondary N) is 1. The van der Waals surface area contributed by atoms with E-state index in [1.165, 1.54) is 13.1 Å². The van der Waals surface area contributed by atoms with Gasteiger partial charge in [-0.05, 0) is 55.8 Å². The standard InChI is InChI=1S/C16H28N2/c1-9(2)13-7-17-10(3)8-18(13)16-14-11-4-5-12(6-11)15(14)16/h9-17H,4-8H2,1-3H3. The van der Waals surface area contributed by atoms with Crippen LogP contribution in [0.25, 0.3) is 0 Å². The first-order valence-electron chi connectivity index (χ1n) is 8.16. The molecule has 18 heavy (non-hydrogen) atoms. The molecule has 2 nitrogen and oxygen atoms in total. The lowest BCUT2D eigenvalue weighted by Crippen LogP contribution is -2.58. The van der Waals surface area contributed by atoms with Crippen LogP contribution in [0.4, 0.5) is 0 Å². The quantitative estimate of drug-likeness (QED) is 0.807. The Morgan fingerprint density at radius 2 is 1.78 bits per heavy atom. The van der Waals surface area contributed by atoms with Gasteiger partial charge in [-0.15, -0.1) is 0 Å². The van der Waals surface area contributed by atoms with Crippen LogP contribution < -0.4 is 5.32 Å².